The van der Waals surface area contributed by atoms with Crippen LogP contribution in [0.5, 0.6) is 0 Å². The van der Waals surface area contributed by atoms with Crippen molar-refractivity contribution < 1.29 is 21.1 Å². The van der Waals surface area contributed by atoms with Crippen LogP contribution in [0.4, 0.5) is 0 Å². The molecule has 8 aromatic rings. The first-order chi connectivity index (χ1) is 23.5. The Bertz CT molecular complexity index is 2590. The van der Waals surface area contributed by atoms with Crippen LogP contribution in [0.2, 0.25) is 0 Å². The van der Waals surface area contributed by atoms with E-state index in [1.165, 1.54) is 11.4 Å². The first-order valence-electron chi connectivity index (χ1n) is 17.2. The van der Waals surface area contributed by atoms with Gasteiger partial charge in [-0.25, -0.2) is 9.97 Å². The first-order valence-corrected chi connectivity index (χ1v) is 17.2. The van der Waals surface area contributed by atoms with Crippen molar-refractivity contribution in [1.29, 1.82) is 0 Å². The fourth-order valence-corrected chi connectivity index (χ4v) is 7.87. The second kappa shape index (κ2) is 11.4. The van der Waals surface area contributed by atoms with E-state index in [1.54, 1.807) is 0 Å². The molecule has 9 rings (SSSR count). The third-order valence-electron chi connectivity index (χ3n) is 10.8. The molecule has 0 amide bonds. The van der Waals surface area contributed by atoms with Gasteiger partial charge in [0, 0.05) is 66.0 Å². The number of aromatic nitrogens is 6. The number of hydrogen-bond acceptors (Lipinski definition) is 4. The third-order valence-corrected chi connectivity index (χ3v) is 10.8. The van der Waals surface area contributed by atoms with E-state index >= 15 is 0 Å². The van der Waals surface area contributed by atoms with Crippen molar-refractivity contribution in [3.63, 3.8) is 0 Å². The Morgan fingerprint density at radius 3 is 2.28 bits per heavy atom. The van der Waals surface area contributed by atoms with Crippen molar-refractivity contribution >= 4 is 38.6 Å². The standard InChI is InChI=1S/C43H39N6.Pt/c1-41(2)23-24-42(3,4)38-37(41)47-39(48(38)29-16-8-7-9-17-29)27-14-12-15-28(26-27)43(5,6)34-22-21-33-36(46-34)35-30(18-13-25-44-35)40-45-31-19-10-11-20-32(31)49(33)40;/h7-22,25H,23-24H2,1-6H3;/q-1;. The molecular weight excluding hydrogens is 796 g/mol. The van der Waals surface area contributed by atoms with Crippen LogP contribution in [0, 0.1) is 6.07 Å². The van der Waals surface area contributed by atoms with Gasteiger partial charge in [-0.15, -0.1) is 35.4 Å². The van der Waals surface area contributed by atoms with Gasteiger partial charge in [0.25, 0.3) is 0 Å². The number of rotatable bonds is 4. The van der Waals surface area contributed by atoms with Crippen LogP contribution in [0.15, 0.2) is 103 Å². The van der Waals surface area contributed by atoms with Crippen LogP contribution in [0.3, 0.4) is 0 Å². The van der Waals surface area contributed by atoms with E-state index in [4.69, 9.17) is 19.9 Å². The minimum absolute atomic E-state index is 0. The summed E-state index contributed by atoms with van der Waals surface area (Å²) in [6, 6.07) is 37.7. The van der Waals surface area contributed by atoms with Crippen molar-refractivity contribution in [2.45, 2.75) is 70.6 Å². The summed E-state index contributed by atoms with van der Waals surface area (Å²) in [5.74, 6) is 0.938. The van der Waals surface area contributed by atoms with Crippen LogP contribution in [0.1, 0.15) is 77.0 Å². The molecule has 0 aliphatic heterocycles. The van der Waals surface area contributed by atoms with Crippen LogP contribution < -0.4 is 0 Å². The molecule has 0 unspecified atom stereocenters. The molecule has 3 aromatic carbocycles. The van der Waals surface area contributed by atoms with E-state index in [9.17, 15) is 0 Å². The zero-order valence-corrected chi connectivity index (χ0v) is 31.5. The zero-order valence-electron chi connectivity index (χ0n) is 29.2. The third kappa shape index (κ3) is 4.79. The van der Waals surface area contributed by atoms with E-state index in [0.29, 0.717) is 0 Å². The van der Waals surface area contributed by atoms with Crippen LogP contribution in [-0.4, -0.2) is 28.9 Å². The monoisotopic (exact) mass is 834 g/mol. The molecule has 0 saturated carbocycles. The smallest absolute Gasteiger partial charge is 0.148 e. The number of para-hydroxylation sites is 3. The fourth-order valence-electron chi connectivity index (χ4n) is 7.87. The summed E-state index contributed by atoms with van der Waals surface area (Å²) in [5, 5.41) is 0.991. The summed E-state index contributed by atoms with van der Waals surface area (Å²) in [7, 11) is 0. The van der Waals surface area contributed by atoms with E-state index in [1.807, 2.05) is 18.3 Å². The Labute approximate surface area is 306 Å². The predicted octanol–water partition coefficient (Wildman–Crippen LogP) is 9.91. The molecule has 0 bridgehead atoms. The largest absolute Gasteiger partial charge is 0.336 e. The number of imidazole rings is 2. The molecule has 1 aliphatic carbocycles. The molecule has 6 nitrogen and oxygen atoms in total. The summed E-state index contributed by atoms with van der Waals surface area (Å²) in [5.41, 5.74) is 11.8. The van der Waals surface area contributed by atoms with Crippen LogP contribution in [0.25, 0.3) is 55.7 Å². The molecule has 1 aliphatic rings. The van der Waals surface area contributed by atoms with Gasteiger partial charge < -0.3 is 4.57 Å². The molecule has 5 heterocycles. The number of nitrogens with zero attached hydrogens (tertiary/aromatic N) is 6. The molecule has 0 N–H and O–H groups in total. The number of hydrogen-bond donors (Lipinski definition) is 0. The van der Waals surface area contributed by atoms with Gasteiger partial charge in [0.2, 0.25) is 0 Å². The van der Waals surface area contributed by atoms with Gasteiger partial charge >= 0.3 is 0 Å². The molecule has 0 fully saturated rings. The molecule has 0 spiro atoms. The summed E-state index contributed by atoms with van der Waals surface area (Å²) in [4.78, 5) is 20.7. The van der Waals surface area contributed by atoms with Gasteiger partial charge in [-0.1, -0.05) is 71.9 Å². The maximum atomic E-state index is 5.46. The summed E-state index contributed by atoms with van der Waals surface area (Å²) < 4.78 is 4.62. The van der Waals surface area contributed by atoms with Crippen LogP contribution >= 0.6 is 0 Å². The van der Waals surface area contributed by atoms with Crippen molar-refractivity contribution in [2.75, 3.05) is 0 Å². The maximum Gasteiger partial charge on any atom is 0.148 e. The van der Waals surface area contributed by atoms with Crippen LogP contribution in [-0.2, 0) is 37.3 Å². The van der Waals surface area contributed by atoms with Crippen molar-refractivity contribution in [3.8, 4) is 17.1 Å². The molecular formula is C43H39N6Pt-. The number of benzene rings is 3. The van der Waals surface area contributed by atoms with Gasteiger partial charge in [0.05, 0.1) is 28.1 Å². The van der Waals surface area contributed by atoms with Crippen molar-refractivity contribution in [2.24, 2.45) is 0 Å². The Morgan fingerprint density at radius 2 is 1.46 bits per heavy atom. The van der Waals surface area contributed by atoms with Gasteiger partial charge in [-0.2, -0.15) is 0 Å². The van der Waals surface area contributed by atoms with Gasteiger partial charge in [0.15, 0.2) is 0 Å². The summed E-state index contributed by atoms with van der Waals surface area (Å²) >= 11 is 0. The maximum absolute atomic E-state index is 5.46. The van der Waals surface area contributed by atoms with Gasteiger partial charge in [0.1, 0.15) is 16.7 Å². The number of fused-ring (bicyclic) bond motifs is 9. The molecule has 0 atom stereocenters. The quantitative estimate of drug-likeness (QED) is 0.131. The average molecular weight is 835 g/mol. The predicted molar refractivity (Wildman–Crippen MR) is 199 cm³/mol. The van der Waals surface area contributed by atoms with E-state index in [-0.39, 0.29) is 31.9 Å². The minimum Gasteiger partial charge on any atom is -0.336 e. The topological polar surface area (TPSA) is 60.9 Å². The Kier molecular flexibility index (Phi) is 7.44. The zero-order chi connectivity index (χ0) is 33.7. The van der Waals surface area contributed by atoms with E-state index in [0.717, 1.165) is 79.8 Å². The van der Waals surface area contributed by atoms with E-state index in [2.05, 4.69) is 142 Å². The Balaban J connectivity index is 0.00000361. The SMILES string of the molecule is CC1(C)CCC(C)(C)c2c1nc(-c1[c-]c(C(C)(C)c3ccc4c(n3)c3ncccc3c3nc5ccccc5n43)ccc1)n2-c1ccccc1.[Pt]. The first kappa shape index (κ1) is 32.5. The molecule has 0 saturated heterocycles. The molecule has 5 aromatic heterocycles. The van der Waals surface area contributed by atoms with Gasteiger partial charge in [-0.3, -0.25) is 14.4 Å². The van der Waals surface area contributed by atoms with Crippen molar-refractivity contribution in [1.82, 2.24) is 28.9 Å². The Morgan fingerprint density at radius 1 is 0.700 bits per heavy atom. The second-order valence-electron chi connectivity index (χ2n) is 15.4. The summed E-state index contributed by atoms with van der Waals surface area (Å²) in [6.45, 7) is 13.9. The fraction of sp³-hybridized carbons (Fsp3) is 0.256. The molecule has 50 heavy (non-hydrogen) atoms. The average Bonchev–Trinajstić information content (AvgIpc) is 3.73. The number of pyridine rings is 3. The molecule has 7 heteroatoms. The Hall–Kier alpha value is -4.67. The molecule has 252 valence electrons. The second-order valence-corrected chi connectivity index (χ2v) is 15.4. The van der Waals surface area contributed by atoms with E-state index < -0.39 is 5.41 Å². The summed E-state index contributed by atoms with van der Waals surface area (Å²) in [6.07, 6.45) is 4.06. The normalized spacial score (nSPS) is 15.4. The van der Waals surface area contributed by atoms with Crippen molar-refractivity contribution in [3.05, 3.63) is 132 Å². The minimum atomic E-state index is -0.459. The molecule has 0 radical (unpaired) electrons. The van der Waals surface area contributed by atoms with Gasteiger partial charge in [-0.05, 0) is 61.4 Å².